The fourth-order valence-electron chi connectivity index (χ4n) is 5.97. The molecule has 2 aliphatic heterocycles. The van der Waals surface area contributed by atoms with Crippen LogP contribution in [0.5, 0.6) is 5.75 Å². The minimum absolute atomic E-state index is 0.125. The molecule has 2 aromatic carbocycles. The lowest BCUT2D eigenvalue weighted by Gasteiger charge is -2.65. The molecule has 1 N–H and O–H groups in total. The van der Waals surface area contributed by atoms with Crippen LogP contribution in [0.3, 0.4) is 0 Å². The number of benzene rings is 2. The normalized spacial score (nSPS) is 36.5. The Morgan fingerprint density at radius 1 is 0.963 bits per heavy atom. The smallest absolute Gasteiger partial charge is 0.261 e. The highest BCUT2D eigenvalue weighted by molar-refractivity contribution is 5.39. The van der Waals surface area contributed by atoms with E-state index in [-0.39, 0.29) is 16.6 Å². The molecule has 3 aliphatic rings. The highest BCUT2D eigenvalue weighted by Gasteiger charge is 2.84. The van der Waals surface area contributed by atoms with E-state index in [0.29, 0.717) is 6.61 Å². The summed E-state index contributed by atoms with van der Waals surface area (Å²) in [7, 11) is 0. The van der Waals surface area contributed by atoms with Crippen LogP contribution in [0.4, 0.5) is 0 Å². The molecular weight excluding hydrogens is 340 g/mol. The largest absolute Gasteiger partial charge is 0.508 e. The van der Waals surface area contributed by atoms with Gasteiger partial charge >= 0.3 is 0 Å². The van der Waals surface area contributed by atoms with Crippen molar-refractivity contribution in [2.75, 3.05) is 6.61 Å². The molecule has 2 aromatic rings. The van der Waals surface area contributed by atoms with Gasteiger partial charge in [-0.15, -0.1) is 0 Å². The van der Waals surface area contributed by atoms with Crippen molar-refractivity contribution >= 4 is 0 Å². The fraction of sp³-hybridized carbons (Fsp3) is 0.478. The molecule has 1 aliphatic carbocycles. The van der Waals surface area contributed by atoms with Crippen molar-refractivity contribution in [1.82, 2.24) is 0 Å². The highest BCUT2D eigenvalue weighted by atomic mass is 17.3. The Labute approximate surface area is 160 Å². The fourth-order valence-corrected chi connectivity index (χ4v) is 5.97. The number of hydrogen-bond donors (Lipinski definition) is 1. The summed E-state index contributed by atoms with van der Waals surface area (Å²) in [6.45, 7) is 5.11. The first-order valence-electron chi connectivity index (χ1n) is 9.79. The van der Waals surface area contributed by atoms with Crippen LogP contribution in [0.1, 0.15) is 44.2 Å². The Morgan fingerprint density at radius 2 is 1.78 bits per heavy atom. The van der Waals surface area contributed by atoms with Crippen molar-refractivity contribution in [3.05, 3.63) is 65.7 Å². The first kappa shape index (κ1) is 17.2. The summed E-state index contributed by atoms with van der Waals surface area (Å²) < 4.78 is 6.47. The van der Waals surface area contributed by atoms with Gasteiger partial charge in [-0.2, -0.15) is 4.89 Å². The van der Waals surface area contributed by atoms with E-state index < -0.39 is 11.4 Å². The van der Waals surface area contributed by atoms with Crippen molar-refractivity contribution in [2.45, 2.75) is 50.9 Å². The van der Waals surface area contributed by atoms with Crippen LogP contribution in [0.2, 0.25) is 0 Å². The van der Waals surface area contributed by atoms with Crippen molar-refractivity contribution in [3.8, 4) is 5.75 Å². The van der Waals surface area contributed by atoms with Gasteiger partial charge in [-0.3, -0.25) is 0 Å². The lowest BCUT2D eigenvalue weighted by Crippen LogP contribution is -2.76. The number of phenols is 1. The zero-order valence-electron chi connectivity index (χ0n) is 15.9. The molecule has 3 fully saturated rings. The average Bonchev–Trinajstić information content (AvgIpc) is 2.81. The lowest BCUT2D eigenvalue weighted by atomic mass is 9.48. The van der Waals surface area contributed by atoms with Crippen LogP contribution in [0, 0.1) is 10.8 Å². The topological polar surface area (TPSA) is 47.9 Å². The third-order valence-corrected chi connectivity index (χ3v) is 7.07. The van der Waals surface area contributed by atoms with Gasteiger partial charge in [-0.1, -0.05) is 62.7 Å². The first-order chi connectivity index (χ1) is 12.9. The van der Waals surface area contributed by atoms with E-state index >= 15 is 0 Å². The molecule has 0 unspecified atom stereocenters. The standard InChI is InChI=1S/C23H26O4/c1-20(2)12-7-13-21(15-17-8-4-3-5-9-17)16-25-22(23(20,21)27-26-22)18-10-6-11-19(24)14-18/h3-6,8-11,14,24H,7,12-13,15-16H2,1-2H3/t21-,22-,23-/m0/s1. The summed E-state index contributed by atoms with van der Waals surface area (Å²) >= 11 is 0. The molecular formula is C23H26O4. The van der Waals surface area contributed by atoms with Crippen LogP contribution < -0.4 is 0 Å². The SMILES string of the molecule is CC1(C)CCC[C@]2(Cc3ccccc3)CO[C@@]3(c4cccc(O)c4)OO[C@@]123. The van der Waals surface area contributed by atoms with Gasteiger partial charge in [0.15, 0.2) is 5.60 Å². The molecule has 1 saturated carbocycles. The van der Waals surface area contributed by atoms with Gasteiger partial charge in [0, 0.05) is 16.4 Å². The molecule has 2 heterocycles. The van der Waals surface area contributed by atoms with Gasteiger partial charge in [0.05, 0.1) is 6.61 Å². The summed E-state index contributed by atoms with van der Waals surface area (Å²) in [6.07, 6.45) is 4.12. The van der Waals surface area contributed by atoms with E-state index in [0.717, 1.165) is 31.2 Å². The molecule has 0 bridgehead atoms. The predicted octanol–water partition coefficient (Wildman–Crippen LogP) is 4.72. The van der Waals surface area contributed by atoms with Crippen molar-refractivity contribution in [1.29, 1.82) is 0 Å². The zero-order valence-corrected chi connectivity index (χ0v) is 15.9. The van der Waals surface area contributed by atoms with Crippen LogP contribution in [-0.4, -0.2) is 17.3 Å². The van der Waals surface area contributed by atoms with Gasteiger partial charge in [-0.05, 0) is 37.0 Å². The van der Waals surface area contributed by atoms with Crippen molar-refractivity contribution in [2.24, 2.45) is 10.8 Å². The number of aromatic hydroxyl groups is 1. The van der Waals surface area contributed by atoms with Crippen molar-refractivity contribution in [3.63, 3.8) is 0 Å². The summed E-state index contributed by atoms with van der Waals surface area (Å²) in [5, 5.41) is 10.1. The number of ether oxygens (including phenoxy) is 1. The Bertz CT molecular complexity index is 864. The molecule has 142 valence electrons. The molecule has 0 amide bonds. The number of phenolic OH excluding ortho intramolecular Hbond substituents is 1. The van der Waals surface area contributed by atoms with Crippen LogP contribution in [0.25, 0.3) is 0 Å². The molecule has 5 rings (SSSR count). The first-order valence-corrected chi connectivity index (χ1v) is 9.79. The Hall–Kier alpha value is -1.88. The second kappa shape index (κ2) is 5.57. The summed E-state index contributed by atoms with van der Waals surface area (Å²) in [6, 6.07) is 17.8. The van der Waals surface area contributed by atoms with E-state index in [1.54, 1.807) is 12.1 Å². The minimum Gasteiger partial charge on any atom is -0.508 e. The maximum absolute atomic E-state index is 10.1. The lowest BCUT2D eigenvalue weighted by molar-refractivity contribution is -0.631. The molecule has 4 heteroatoms. The third kappa shape index (κ3) is 2.04. The molecule has 0 aromatic heterocycles. The average molecular weight is 366 g/mol. The Morgan fingerprint density at radius 3 is 2.48 bits per heavy atom. The second-order valence-electron chi connectivity index (χ2n) is 8.98. The monoisotopic (exact) mass is 366 g/mol. The van der Waals surface area contributed by atoms with Gasteiger partial charge in [0.1, 0.15) is 5.75 Å². The molecule has 0 radical (unpaired) electrons. The Balaban J connectivity index is 1.67. The van der Waals surface area contributed by atoms with Gasteiger partial charge in [0.2, 0.25) is 0 Å². The van der Waals surface area contributed by atoms with Gasteiger partial charge in [-0.25, -0.2) is 4.89 Å². The number of rotatable bonds is 3. The van der Waals surface area contributed by atoms with E-state index in [1.165, 1.54) is 5.56 Å². The molecule has 3 atom stereocenters. The van der Waals surface area contributed by atoms with Crippen LogP contribution in [-0.2, 0) is 26.7 Å². The number of hydrogen-bond acceptors (Lipinski definition) is 4. The maximum Gasteiger partial charge on any atom is 0.261 e. The zero-order chi connectivity index (χ0) is 18.8. The van der Waals surface area contributed by atoms with E-state index in [1.807, 2.05) is 18.2 Å². The molecule has 27 heavy (non-hydrogen) atoms. The third-order valence-electron chi connectivity index (χ3n) is 7.07. The summed E-state index contributed by atoms with van der Waals surface area (Å²) in [4.78, 5) is 11.9. The minimum atomic E-state index is -0.968. The van der Waals surface area contributed by atoms with Crippen molar-refractivity contribution < 1.29 is 19.6 Å². The van der Waals surface area contributed by atoms with E-state index in [4.69, 9.17) is 14.5 Å². The second-order valence-corrected chi connectivity index (χ2v) is 8.98. The van der Waals surface area contributed by atoms with Gasteiger partial charge in [0.25, 0.3) is 5.79 Å². The molecule has 2 saturated heterocycles. The molecule has 4 nitrogen and oxygen atoms in total. The predicted molar refractivity (Wildman–Crippen MR) is 101 cm³/mol. The summed E-state index contributed by atoms with van der Waals surface area (Å²) in [5.41, 5.74) is 1.24. The quantitative estimate of drug-likeness (QED) is 0.799. The van der Waals surface area contributed by atoms with Gasteiger partial charge < -0.3 is 9.84 Å². The maximum atomic E-state index is 10.1. The van der Waals surface area contributed by atoms with E-state index in [2.05, 4.69) is 38.1 Å². The summed E-state index contributed by atoms with van der Waals surface area (Å²) in [5.74, 6) is -0.755. The molecule has 1 spiro atoms. The Kier molecular flexibility index (Phi) is 3.55. The highest BCUT2D eigenvalue weighted by Crippen LogP contribution is 2.74. The van der Waals surface area contributed by atoms with Crippen LogP contribution >= 0.6 is 0 Å². The van der Waals surface area contributed by atoms with Crippen LogP contribution in [0.15, 0.2) is 54.6 Å². The van der Waals surface area contributed by atoms with E-state index in [9.17, 15) is 5.11 Å².